The maximum atomic E-state index is 14.8. The zero-order valence-electron chi connectivity index (χ0n) is 22.1. The molecule has 7 nitrogen and oxygen atoms in total. The predicted molar refractivity (Wildman–Crippen MR) is 155 cm³/mol. The summed E-state index contributed by atoms with van der Waals surface area (Å²) in [6.07, 6.45) is 8.77. The third-order valence-corrected chi connectivity index (χ3v) is 9.51. The fourth-order valence-corrected chi connectivity index (χ4v) is 6.50. The van der Waals surface area contributed by atoms with Gasteiger partial charge in [0.25, 0.3) is 0 Å². The number of sulfonamides is 1. The first kappa shape index (κ1) is 27.4. The topological polar surface area (TPSA) is 115 Å². The molecule has 0 atom stereocenters. The summed E-state index contributed by atoms with van der Waals surface area (Å²) >= 11 is 1.28. The quantitative estimate of drug-likeness (QED) is 0.253. The normalized spacial score (nSPS) is 15.3. The number of halogens is 1. The van der Waals surface area contributed by atoms with Crippen LogP contribution in [0.3, 0.4) is 0 Å². The second-order valence-corrected chi connectivity index (χ2v) is 13.2. The molecule has 0 amide bonds. The van der Waals surface area contributed by atoms with Crippen LogP contribution >= 0.6 is 11.3 Å². The first-order valence-corrected chi connectivity index (χ1v) is 15.9. The fourth-order valence-electron chi connectivity index (χ4n) is 5.08. The Morgan fingerprint density at radius 1 is 1.17 bits per heavy atom. The van der Waals surface area contributed by atoms with Crippen LogP contribution in [0.15, 0.2) is 58.9 Å². The van der Waals surface area contributed by atoms with Gasteiger partial charge in [0.15, 0.2) is 5.69 Å². The lowest BCUT2D eigenvalue weighted by Gasteiger charge is -2.18. The Balaban J connectivity index is 1.48. The van der Waals surface area contributed by atoms with Crippen molar-refractivity contribution >= 4 is 27.3 Å². The first-order valence-electron chi connectivity index (χ1n) is 13.5. The van der Waals surface area contributed by atoms with Gasteiger partial charge in [-0.3, -0.25) is 0 Å². The molecular weight excluding hydrogens is 561 g/mol. The van der Waals surface area contributed by atoms with Gasteiger partial charge in [0.1, 0.15) is 15.7 Å². The van der Waals surface area contributed by atoms with E-state index in [1.54, 1.807) is 6.07 Å². The van der Waals surface area contributed by atoms with Crippen molar-refractivity contribution in [1.82, 2.24) is 9.55 Å². The average molecular weight is 590 g/mol. The minimum atomic E-state index is -4.19. The summed E-state index contributed by atoms with van der Waals surface area (Å²) in [6, 6.07) is 11.9. The second-order valence-electron chi connectivity index (χ2n) is 10.8. The number of hydrogen-bond acceptors (Lipinski definition) is 5. The van der Waals surface area contributed by atoms with Crippen molar-refractivity contribution in [3.63, 3.8) is 0 Å². The van der Waals surface area contributed by atoms with E-state index in [-0.39, 0.29) is 5.69 Å². The van der Waals surface area contributed by atoms with Crippen LogP contribution in [0.4, 0.5) is 4.39 Å². The molecule has 2 aliphatic rings. The highest BCUT2D eigenvalue weighted by Gasteiger charge is 2.29. The standard InChI is InChI=1S/C31H28FN3O4S2/c32-26-15-22(11-12-29(26)41(33,38)39)16-28-24(14-21-9-10-21)25(30-34-27(18-40-30)31(36)37)17-35(28)23-6-2-5-20(13-23)8-7-19-3-1-4-19/h2,5-6,11-13,15,17-19,21H,1,3-4,9-10,14,16H2,(H,36,37)(H2,33,38,39). The van der Waals surface area contributed by atoms with Crippen LogP contribution in [-0.4, -0.2) is 29.0 Å². The Morgan fingerprint density at radius 3 is 2.61 bits per heavy atom. The summed E-state index contributed by atoms with van der Waals surface area (Å²) in [6.45, 7) is 0. The van der Waals surface area contributed by atoms with E-state index in [0.29, 0.717) is 28.8 Å². The van der Waals surface area contributed by atoms with E-state index >= 15 is 0 Å². The van der Waals surface area contributed by atoms with Gasteiger partial charge >= 0.3 is 5.97 Å². The summed E-state index contributed by atoms with van der Waals surface area (Å²) < 4.78 is 40.4. The molecule has 0 bridgehead atoms. The number of aromatic nitrogens is 2. The van der Waals surface area contributed by atoms with Gasteiger partial charge in [0.05, 0.1) is 0 Å². The van der Waals surface area contributed by atoms with Gasteiger partial charge in [-0.15, -0.1) is 11.3 Å². The molecule has 10 heteroatoms. The van der Waals surface area contributed by atoms with Crippen LogP contribution in [0.2, 0.25) is 0 Å². The predicted octanol–water partition coefficient (Wildman–Crippen LogP) is 5.78. The molecular formula is C31H28FN3O4S2. The molecule has 0 saturated heterocycles. The monoisotopic (exact) mass is 589 g/mol. The number of primary sulfonamides is 1. The summed E-state index contributed by atoms with van der Waals surface area (Å²) in [4.78, 5) is 15.5. The molecule has 4 aromatic rings. The first-order chi connectivity index (χ1) is 19.7. The van der Waals surface area contributed by atoms with Crippen LogP contribution in [0.25, 0.3) is 16.3 Å². The highest BCUT2D eigenvalue weighted by atomic mass is 32.2. The average Bonchev–Trinajstić information content (AvgIpc) is 3.45. The molecule has 210 valence electrons. The highest BCUT2D eigenvalue weighted by molar-refractivity contribution is 7.89. The second kappa shape index (κ2) is 10.9. The van der Waals surface area contributed by atoms with Crippen LogP contribution in [0.5, 0.6) is 0 Å². The molecule has 0 aliphatic heterocycles. The molecule has 6 rings (SSSR count). The summed E-state index contributed by atoms with van der Waals surface area (Å²) in [5.74, 6) is 5.63. The molecule has 2 heterocycles. The Hall–Kier alpha value is -3.78. The molecule has 2 saturated carbocycles. The smallest absolute Gasteiger partial charge is 0.355 e. The number of hydrogen-bond donors (Lipinski definition) is 2. The van der Waals surface area contributed by atoms with Crippen molar-refractivity contribution in [3.05, 3.63) is 87.9 Å². The van der Waals surface area contributed by atoms with Crippen LogP contribution in [-0.2, 0) is 22.9 Å². The van der Waals surface area contributed by atoms with Crippen molar-refractivity contribution in [2.45, 2.75) is 49.8 Å². The minimum Gasteiger partial charge on any atom is -0.476 e. The molecule has 2 aromatic heterocycles. The van der Waals surface area contributed by atoms with Gasteiger partial charge in [-0.1, -0.05) is 30.4 Å². The van der Waals surface area contributed by atoms with Crippen LogP contribution in [0, 0.1) is 29.5 Å². The maximum Gasteiger partial charge on any atom is 0.355 e. The maximum absolute atomic E-state index is 14.8. The Labute approximate surface area is 241 Å². The molecule has 2 aliphatic carbocycles. The number of carbonyl (C=O) groups is 1. The van der Waals surface area contributed by atoms with E-state index in [1.165, 1.54) is 35.3 Å². The van der Waals surface area contributed by atoms with E-state index in [4.69, 9.17) is 5.14 Å². The molecule has 0 spiro atoms. The summed E-state index contributed by atoms with van der Waals surface area (Å²) in [5, 5.41) is 16.8. The number of nitrogens with two attached hydrogens (primary N) is 1. The van der Waals surface area contributed by atoms with Gasteiger partial charge in [-0.25, -0.2) is 27.7 Å². The molecule has 2 fully saturated rings. The number of carboxylic acids is 1. The van der Waals surface area contributed by atoms with Crippen molar-refractivity contribution in [3.8, 4) is 28.1 Å². The summed E-state index contributed by atoms with van der Waals surface area (Å²) in [5.41, 5.74) is 5.13. The lowest BCUT2D eigenvalue weighted by Crippen LogP contribution is -2.14. The Kier molecular flexibility index (Phi) is 7.28. The van der Waals surface area contributed by atoms with Gasteiger partial charge in [0.2, 0.25) is 10.0 Å². The zero-order chi connectivity index (χ0) is 28.7. The Bertz CT molecular complexity index is 1820. The van der Waals surface area contributed by atoms with Crippen LogP contribution in [0.1, 0.15) is 65.0 Å². The zero-order valence-corrected chi connectivity index (χ0v) is 23.8. The lowest BCUT2D eigenvalue weighted by atomic mass is 9.86. The Morgan fingerprint density at radius 2 is 1.98 bits per heavy atom. The van der Waals surface area contributed by atoms with Crippen molar-refractivity contribution in [2.75, 3.05) is 0 Å². The number of nitrogens with zero attached hydrogens (tertiary/aromatic N) is 2. The van der Waals surface area contributed by atoms with E-state index in [0.717, 1.165) is 60.2 Å². The third kappa shape index (κ3) is 5.98. The minimum absolute atomic E-state index is 0.00871. The largest absolute Gasteiger partial charge is 0.476 e. The van der Waals surface area contributed by atoms with Crippen molar-refractivity contribution in [2.24, 2.45) is 17.0 Å². The van der Waals surface area contributed by atoms with E-state index in [2.05, 4.69) is 21.4 Å². The van der Waals surface area contributed by atoms with Crippen molar-refractivity contribution in [1.29, 1.82) is 0 Å². The van der Waals surface area contributed by atoms with Gasteiger partial charge < -0.3 is 9.67 Å². The summed E-state index contributed by atoms with van der Waals surface area (Å²) in [7, 11) is -4.19. The van der Waals surface area contributed by atoms with Gasteiger partial charge in [-0.05, 0) is 79.5 Å². The molecule has 0 unspecified atom stereocenters. The highest BCUT2D eigenvalue weighted by Crippen LogP contribution is 2.40. The SMILES string of the molecule is NS(=O)(=O)c1ccc(Cc2c(CC3CC3)c(-c3nc(C(=O)O)cs3)cn2-c2cccc(C#CC3CCC3)c2)cc1F. The molecule has 2 aromatic carbocycles. The van der Waals surface area contributed by atoms with Gasteiger partial charge in [-0.2, -0.15) is 0 Å². The fraction of sp³-hybridized carbons (Fsp3) is 0.290. The van der Waals surface area contributed by atoms with Gasteiger partial charge in [0, 0.05) is 46.4 Å². The number of aromatic carboxylic acids is 1. The molecule has 0 radical (unpaired) electrons. The molecule has 3 N–H and O–H groups in total. The van der Waals surface area contributed by atoms with Crippen LogP contribution < -0.4 is 5.14 Å². The van der Waals surface area contributed by atoms with E-state index < -0.39 is 26.7 Å². The number of benzene rings is 2. The lowest BCUT2D eigenvalue weighted by molar-refractivity contribution is 0.0691. The number of thiazole rings is 1. The number of carboxylic acid groups (broad SMARTS) is 1. The third-order valence-electron chi connectivity index (χ3n) is 7.69. The van der Waals surface area contributed by atoms with E-state index in [9.17, 15) is 22.7 Å². The van der Waals surface area contributed by atoms with Crippen molar-refractivity contribution < 1.29 is 22.7 Å². The molecule has 41 heavy (non-hydrogen) atoms. The van der Waals surface area contributed by atoms with E-state index in [1.807, 2.05) is 30.5 Å². The number of rotatable bonds is 8.